The third-order valence-corrected chi connectivity index (χ3v) is 9.39. The number of carbonyl (C=O) groups is 4. The standard InChI is InChI=1S/C24H29N5O7S2/c1-2-36-24(33)28-13-10-17-18(14-28)37-22(19(17)21(31)27-23(25)32)26-20(30)15-6-8-16(9-7-15)38(34,35)29-11-4-3-5-12-29/h6-9H,2-5,10-14H2,1H3,(H,26,30)(H3,25,27,31,32). The number of benzene rings is 1. The summed E-state index contributed by atoms with van der Waals surface area (Å²) >= 11 is 1.11. The predicted molar refractivity (Wildman–Crippen MR) is 140 cm³/mol. The number of nitrogens with one attached hydrogen (secondary N) is 2. The van der Waals surface area contributed by atoms with Crippen molar-refractivity contribution in [2.24, 2.45) is 5.73 Å². The number of imide groups is 1. The zero-order valence-electron chi connectivity index (χ0n) is 20.8. The molecule has 4 N–H and O–H groups in total. The highest BCUT2D eigenvalue weighted by Crippen LogP contribution is 2.37. The molecule has 1 aromatic carbocycles. The number of sulfonamides is 1. The Labute approximate surface area is 224 Å². The highest BCUT2D eigenvalue weighted by molar-refractivity contribution is 7.89. The molecule has 2 aromatic rings. The van der Waals surface area contributed by atoms with Gasteiger partial charge >= 0.3 is 12.1 Å². The fraction of sp³-hybridized carbons (Fsp3) is 0.417. The number of rotatable bonds is 6. The summed E-state index contributed by atoms with van der Waals surface area (Å²) in [6, 6.07) is 4.55. The Morgan fingerprint density at radius 2 is 1.71 bits per heavy atom. The molecule has 14 heteroatoms. The Kier molecular flexibility index (Phi) is 8.33. The van der Waals surface area contributed by atoms with Crippen LogP contribution in [0.1, 0.15) is 57.3 Å². The molecule has 4 rings (SSSR count). The molecule has 38 heavy (non-hydrogen) atoms. The van der Waals surface area contributed by atoms with Crippen molar-refractivity contribution in [2.45, 2.75) is 44.0 Å². The second-order valence-electron chi connectivity index (χ2n) is 8.84. The van der Waals surface area contributed by atoms with Gasteiger partial charge in [-0.3, -0.25) is 14.9 Å². The Bertz CT molecular complexity index is 1350. The van der Waals surface area contributed by atoms with Crippen molar-refractivity contribution in [3.8, 4) is 0 Å². The molecule has 1 fully saturated rings. The van der Waals surface area contributed by atoms with Crippen molar-refractivity contribution < 1.29 is 32.3 Å². The van der Waals surface area contributed by atoms with Gasteiger partial charge < -0.3 is 20.7 Å². The van der Waals surface area contributed by atoms with Gasteiger partial charge in [0.25, 0.3) is 11.8 Å². The fourth-order valence-electron chi connectivity index (χ4n) is 4.48. The highest BCUT2D eigenvalue weighted by atomic mass is 32.2. The molecule has 5 amide bonds. The van der Waals surface area contributed by atoms with Crippen molar-refractivity contribution in [1.82, 2.24) is 14.5 Å². The third kappa shape index (κ3) is 5.81. The molecule has 0 atom stereocenters. The lowest BCUT2D eigenvalue weighted by Gasteiger charge is -2.26. The van der Waals surface area contributed by atoms with Gasteiger partial charge in [0.05, 0.1) is 23.6 Å². The Morgan fingerprint density at radius 3 is 2.34 bits per heavy atom. The van der Waals surface area contributed by atoms with Gasteiger partial charge in [0.15, 0.2) is 0 Å². The number of urea groups is 1. The lowest BCUT2D eigenvalue weighted by molar-refractivity contribution is 0.0965. The number of fused-ring (bicyclic) bond motifs is 1. The van der Waals surface area contributed by atoms with Crippen molar-refractivity contribution in [2.75, 3.05) is 31.6 Å². The molecule has 0 bridgehead atoms. The van der Waals surface area contributed by atoms with Crippen LogP contribution in [0.3, 0.4) is 0 Å². The average molecular weight is 564 g/mol. The first-order valence-corrected chi connectivity index (χ1v) is 14.5. The van der Waals surface area contributed by atoms with Crippen molar-refractivity contribution in [3.05, 3.63) is 45.8 Å². The summed E-state index contributed by atoms with van der Waals surface area (Å²) in [6.45, 7) is 3.33. The van der Waals surface area contributed by atoms with Crippen LogP contribution in [0.25, 0.3) is 0 Å². The Hall–Kier alpha value is -3.49. The van der Waals surface area contributed by atoms with Gasteiger partial charge in [0.1, 0.15) is 5.00 Å². The topological polar surface area (TPSA) is 168 Å². The number of anilines is 1. The summed E-state index contributed by atoms with van der Waals surface area (Å²) in [6.07, 6.45) is 2.45. The van der Waals surface area contributed by atoms with E-state index in [2.05, 4.69) is 5.32 Å². The van der Waals surface area contributed by atoms with Crippen LogP contribution in [0.2, 0.25) is 0 Å². The summed E-state index contributed by atoms with van der Waals surface area (Å²) in [7, 11) is -3.65. The molecule has 2 aliphatic rings. The van der Waals surface area contributed by atoms with E-state index in [4.69, 9.17) is 10.5 Å². The van der Waals surface area contributed by atoms with Crippen molar-refractivity contribution >= 4 is 50.3 Å². The first-order valence-electron chi connectivity index (χ1n) is 12.2. The van der Waals surface area contributed by atoms with E-state index in [-0.39, 0.29) is 34.2 Å². The molecule has 0 aliphatic carbocycles. The number of hydrogen-bond acceptors (Lipinski definition) is 8. The molecule has 2 aliphatic heterocycles. The van der Waals surface area contributed by atoms with E-state index < -0.39 is 34.0 Å². The molecule has 0 saturated carbocycles. The zero-order chi connectivity index (χ0) is 27.4. The quantitative estimate of drug-likeness (QED) is 0.485. The maximum atomic E-state index is 13.1. The summed E-state index contributed by atoms with van der Waals surface area (Å²) in [4.78, 5) is 51.7. The number of nitrogens with two attached hydrogens (primary N) is 1. The summed E-state index contributed by atoms with van der Waals surface area (Å²) in [5.74, 6) is -1.33. The SMILES string of the molecule is CCOC(=O)N1CCc2c(sc(NC(=O)c3ccc(S(=O)(=O)N4CCCCC4)cc3)c2C(=O)NC(N)=O)C1. The van der Waals surface area contributed by atoms with Crippen LogP contribution < -0.4 is 16.4 Å². The Morgan fingerprint density at radius 1 is 1.03 bits per heavy atom. The van der Waals surface area contributed by atoms with Crippen LogP contribution in [0.5, 0.6) is 0 Å². The average Bonchev–Trinajstić information content (AvgIpc) is 3.26. The molecule has 0 radical (unpaired) electrons. The molecule has 3 heterocycles. The van der Waals surface area contributed by atoms with E-state index in [0.717, 1.165) is 30.6 Å². The summed E-state index contributed by atoms with van der Waals surface area (Å²) < 4.78 is 32.3. The first-order chi connectivity index (χ1) is 18.1. The van der Waals surface area contributed by atoms with Gasteiger partial charge in [0.2, 0.25) is 10.0 Å². The van der Waals surface area contributed by atoms with Gasteiger partial charge in [-0.25, -0.2) is 18.0 Å². The van der Waals surface area contributed by atoms with E-state index >= 15 is 0 Å². The molecule has 1 saturated heterocycles. The normalized spacial score (nSPS) is 15.9. The van der Waals surface area contributed by atoms with Crippen LogP contribution in [0, 0.1) is 0 Å². The first kappa shape index (κ1) is 27.5. The maximum absolute atomic E-state index is 13.1. The second-order valence-corrected chi connectivity index (χ2v) is 11.9. The molecular formula is C24H29N5O7S2. The Balaban J connectivity index is 1.57. The number of nitrogens with zero attached hydrogens (tertiary/aromatic N) is 2. The van der Waals surface area contributed by atoms with Crippen molar-refractivity contribution in [1.29, 1.82) is 0 Å². The summed E-state index contributed by atoms with van der Waals surface area (Å²) in [5.41, 5.74) is 6.03. The number of hydrogen-bond donors (Lipinski definition) is 3. The number of ether oxygens (including phenoxy) is 1. The van der Waals surface area contributed by atoms with E-state index in [1.807, 2.05) is 5.32 Å². The van der Waals surface area contributed by atoms with E-state index in [9.17, 15) is 27.6 Å². The third-order valence-electron chi connectivity index (χ3n) is 6.34. The largest absolute Gasteiger partial charge is 0.450 e. The van der Waals surface area contributed by atoms with E-state index in [0.29, 0.717) is 36.5 Å². The predicted octanol–water partition coefficient (Wildman–Crippen LogP) is 2.50. The number of thiophene rings is 1. The molecular weight excluding hydrogens is 534 g/mol. The van der Waals surface area contributed by atoms with E-state index in [1.54, 1.807) is 6.92 Å². The van der Waals surface area contributed by atoms with Crippen LogP contribution in [0.15, 0.2) is 29.2 Å². The van der Waals surface area contributed by atoms with Crippen LogP contribution in [0.4, 0.5) is 14.6 Å². The van der Waals surface area contributed by atoms with E-state index in [1.165, 1.54) is 33.5 Å². The monoisotopic (exact) mass is 563 g/mol. The van der Waals surface area contributed by atoms with Gasteiger partial charge in [-0.2, -0.15) is 4.31 Å². The lowest BCUT2D eigenvalue weighted by atomic mass is 10.0. The minimum absolute atomic E-state index is 0.100. The highest BCUT2D eigenvalue weighted by Gasteiger charge is 2.32. The van der Waals surface area contributed by atoms with Gasteiger partial charge in [0, 0.05) is 30.1 Å². The lowest BCUT2D eigenvalue weighted by Crippen LogP contribution is -2.38. The molecule has 204 valence electrons. The van der Waals surface area contributed by atoms with Crippen molar-refractivity contribution in [3.63, 3.8) is 0 Å². The number of piperidine rings is 1. The minimum Gasteiger partial charge on any atom is -0.450 e. The zero-order valence-corrected chi connectivity index (χ0v) is 22.5. The van der Waals surface area contributed by atoms with Crippen LogP contribution in [-0.2, 0) is 27.7 Å². The molecule has 1 aromatic heterocycles. The molecule has 0 unspecified atom stereocenters. The van der Waals surface area contributed by atoms with Gasteiger partial charge in [-0.1, -0.05) is 6.42 Å². The molecule has 0 spiro atoms. The number of amides is 5. The van der Waals surface area contributed by atoms with Crippen LogP contribution in [-0.4, -0.2) is 67.8 Å². The van der Waals surface area contributed by atoms with Gasteiger partial charge in [-0.15, -0.1) is 11.3 Å². The van der Waals surface area contributed by atoms with Crippen LogP contribution >= 0.6 is 11.3 Å². The van der Waals surface area contributed by atoms with Gasteiger partial charge in [-0.05, 0) is 56.0 Å². The number of primary amides is 1. The maximum Gasteiger partial charge on any atom is 0.410 e. The minimum atomic E-state index is -3.65. The molecule has 12 nitrogen and oxygen atoms in total. The smallest absolute Gasteiger partial charge is 0.410 e. The summed E-state index contributed by atoms with van der Waals surface area (Å²) in [5, 5.41) is 4.93. The second kappa shape index (κ2) is 11.5. The number of carbonyl (C=O) groups excluding carboxylic acids is 4. The fourth-order valence-corrected chi connectivity index (χ4v) is 7.26.